The Labute approximate surface area is 91.4 Å². The van der Waals surface area contributed by atoms with Crippen LogP contribution >= 0.6 is 0 Å². The van der Waals surface area contributed by atoms with Crippen molar-refractivity contribution in [1.82, 2.24) is 4.57 Å². The average Bonchev–Trinajstić information content (AvgIpc) is 1.95. The summed E-state index contributed by atoms with van der Waals surface area (Å²) in [6, 6.07) is -0.585. The van der Waals surface area contributed by atoms with Gasteiger partial charge in [-0.05, 0) is 5.04 Å². The number of hydrogen-bond donors (Lipinski definition) is 1. The maximum absolute atomic E-state index is 11.5. The van der Waals surface area contributed by atoms with Gasteiger partial charge in [-0.25, -0.2) is 0 Å². The molecule has 5 heteroatoms. The number of carboxylic acid groups (broad SMARTS) is 1. The number of nitrogens with zero attached hydrogens (tertiary/aromatic N) is 1. The van der Waals surface area contributed by atoms with Crippen LogP contribution in [-0.2, 0) is 9.59 Å². The lowest BCUT2D eigenvalue weighted by atomic mass is 10.1. The Balaban J connectivity index is 2.96. The first-order valence-corrected chi connectivity index (χ1v) is 8.08. The molecule has 0 aliphatic carbocycles. The van der Waals surface area contributed by atoms with Crippen molar-refractivity contribution in [3.05, 3.63) is 0 Å². The molecule has 1 amide bonds. The molecule has 4 nitrogen and oxygen atoms in total. The van der Waals surface area contributed by atoms with E-state index in [0.29, 0.717) is 0 Å². The highest BCUT2D eigenvalue weighted by Crippen LogP contribution is 2.42. The normalized spacial score (nSPS) is 22.6. The first-order chi connectivity index (χ1) is 6.59. The lowest BCUT2D eigenvalue weighted by molar-refractivity contribution is -0.156. The third kappa shape index (κ3) is 1.80. The van der Waals surface area contributed by atoms with Crippen molar-refractivity contribution in [2.75, 3.05) is 0 Å². The molecule has 1 fully saturated rings. The molecule has 86 valence electrons. The molecule has 1 unspecified atom stereocenters. The Kier molecular flexibility index (Phi) is 2.72. The molecule has 1 N–H and O–H groups in total. The van der Waals surface area contributed by atoms with Crippen LogP contribution in [0.2, 0.25) is 18.1 Å². The standard InChI is InChI=1S/C10H19NO3Si/c1-10(2,3)15(4,5)11-7(9(13)14)6-8(11)12/h7H,6H2,1-5H3,(H,13,14). The number of carboxylic acids is 1. The van der Waals surface area contributed by atoms with E-state index in [1.807, 2.05) is 0 Å². The number of hydrogen-bond acceptors (Lipinski definition) is 2. The van der Waals surface area contributed by atoms with E-state index in [9.17, 15) is 9.59 Å². The highest BCUT2D eigenvalue weighted by Gasteiger charge is 2.54. The van der Waals surface area contributed by atoms with Crippen LogP contribution in [0.1, 0.15) is 27.2 Å². The predicted molar refractivity (Wildman–Crippen MR) is 60.1 cm³/mol. The summed E-state index contributed by atoms with van der Waals surface area (Å²) in [7, 11) is -2.01. The maximum atomic E-state index is 11.5. The molecule has 0 spiro atoms. The second-order valence-electron chi connectivity index (χ2n) is 5.63. The maximum Gasteiger partial charge on any atom is 0.326 e. The summed E-state index contributed by atoms with van der Waals surface area (Å²) in [5.74, 6) is -0.881. The number of aliphatic carboxylic acids is 1. The topological polar surface area (TPSA) is 57.6 Å². The fourth-order valence-corrected chi connectivity index (χ4v) is 4.10. The Morgan fingerprint density at radius 3 is 2.20 bits per heavy atom. The van der Waals surface area contributed by atoms with Crippen LogP contribution in [0.15, 0.2) is 0 Å². The van der Waals surface area contributed by atoms with Gasteiger partial charge in [-0.2, -0.15) is 0 Å². The van der Waals surface area contributed by atoms with Gasteiger partial charge in [-0.15, -0.1) is 0 Å². The molecule has 0 aromatic carbocycles. The number of carbonyl (C=O) groups excluding carboxylic acids is 1. The first-order valence-electron chi connectivity index (χ1n) is 5.14. The van der Waals surface area contributed by atoms with Crippen LogP contribution in [0.4, 0.5) is 0 Å². The van der Waals surface area contributed by atoms with Crippen LogP contribution in [0.25, 0.3) is 0 Å². The lowest BCUT2D eigenvalue weighted by Gasteiger charge is -2.53. The van der Waals surface area contributed by atoms with Crippen molar-refractivity contribution in [2.24, 2.45) is 0 Å². The fraction of sp³-hybridized carbons (Fsp3) is 0.800. The molecular formula is C10H19NO3Si. The van der Waals surface area contributed by atoms with Gasteiger partial charge in [0.1, 0.15) is 6.04 Å². The Bertz CT molecular complexity index is 306. The van der Waals surface area contributed by atoms with E-state index >= 15 is 0 Å². The van der Waals surface area contributed by atoms with Crippen LogP contribution in [0, 0.1) is 0 Å². The Morgan fingerprint density at radius 1 is 1.47 bits per heavy atom. The first kappa shape index (κ1) is 12.2. The van der Waals surface area contributed by atoms with Gasteiger partial charge in [-0.3, -0.25) is 9.59 Å². The van der Waals surface area contributed by atoms with Gasteiger partial charge in [0.05, 0.1) is 6.42 Å². The molecule has 0 aromatic heterocycles. The van der Waals surface area contributed by atoms with Crippen molar-refractivity contribution >= 4 is 20.1 Å². The summed E-state index contributed by atoms with van der Waals surface area (Å²) in [4.78, 5) is 22.5. The lowest BCUT2D eigenvalue weighted by Crippen LogP contribution is -2.70. The molecule has 1 atom stereocenters. The summed E-state index contributed by atoms with van der Waals surface area (Å²) < 4.78 is 1.63. The largest absolute Gasteiger partial charge is 0.480 e. The Morgan fingerprint density at radius 2 is 1.93 bits per heavy atom. The van der Waals surface area contributed by atoms with Crippen LogP contribution in [0.3, 0.4) is 0 Å². The van der Waals surface area contributed by atoms with E-state index in [0.717, 1.165) is 0 Å². The molecule has 0 aromatic rings. The number of carbonyl (C=O) groups is 2. The van der Waals surface area contributed by atoms with Gasteiger partial charge in [0.15, 0.2) is 8.24 Å². The van der Waals surface area contributed by atoms with Gasteiger partial charge in [0.2, 0.25) is 5.91 Å². The molecule has 1 saturated heterocycles. The molecule has 1 aliphatic rings. The van der Waals surface area contributed by atoms with Gasteiger partial charge >= 0.3 is 5.97 Å². The molecule has 15 heavy (non-hydrogen) atoms. The zero-order valence-corrected chi connectivity index (χ0v) is 11.0. The molecule has 0 saturated carbocycles. The summed E-state index contributed by atoms with van der Waals surface area (Å²) in [5, 5.41) is 8.98. The fourth-order valence-electron chi connectivity index (χ4n) is 1.68. The van der Waals surface area contributed by atoms with E-state index in [2.05, 4.69) is 33.9 Å². The van der Waals surface area contributed by atoms with Crippen molar-refractivity contribution in [1.29, 1.82) is 0 Å². The highest BCUT2D eigenvalue weighted by atomic mass is 28.3. The van der Waals surface area contributed by atoms with Crippen LogP contribution < -0.4 is 0 Å². The van der Waals surface area contributed by atoms with Gasteiger partial charge in [-0.1, -0.05) is 33.9 Å². The van der Waals surface area contributed by atoms with Gasteiger partial charge in [0.25, 0.3) is 0 Å². The average molecular weight is 229 g/mol. The molecule has 1 aliphatic heterocycles. The number of β-lactam (4-membered cyclic amide) rings is 1. The Hall–Kier alpha value is -0.843. The molecular weight excluding hydrogens is 210 g/mol. The minimum absolute atomic E-state index is 0.00319. The number of rotatable bonds is 2. The molecule has 1 heterocycles. The van der Waals surface area contributed by atoms with Gasteiger partial charge < -0.3 is 9.67 Å². The van der Waals surface area contributed by atoms with Crippen molar-refractivity contribution in [3.8, 4) is 0 Å². The van der Waals surface area contributed by atoms with E-state index in [-0.39, 0.29) is 17.4 Å². The highest BCUT2D eigenvalue weighted by molar-refractivity contribution is 6.80. The van der Waals surface area contributed by atoms with Crippen molar-refractivity contribution in [3.63, 3.8) is 0 Å². The molecule has 0 radical (unpaired) electrons. The monoisotopic (exact) mass is 229 g/mol. The molecule has 1 rings (SSSR count). The van der Waals surface area contributed by atoms with Crippen molar-refractivity contribution < 1.29 is 14.7 Å². The predicted octanol–water partition coefficient (Wildman–Crippen LogP) is 1.68. The SMILES string of the molecule is CC(C)(C)[Si](C)(C)N1C(=O)CC1C(=O)O. The summed E-state index contributed by atoms with van der Waals surface area (Å²) in [5.41, 5.74) is 0. The second-order valence-corrected chi connectivity index (χ2v) is 10.7. The minimum atomic E-state index is -2.01. The third-order valence-corrected chi connectivity index (χ3v) is 9.11. The quantitative estimate of drug-likeness (QED) is 0.579. The van der Waals surface area contributed by atoms with E-state index < -0.39 is 20.2 Å². The minimum Gasteiger partial charge on any atom is -0.480 e. The van der Waals surface area contributed by atoms with E-state index in [1.165, 1.54) is 0 Å². The van der Waals surface area contributed by atoms with Crippen molar-refractivity contribution in [2.45, 2.75) is 51.4 Å². The van der Waals surface area contributed by atoms with Crippen LogP contribution in [-0.4, -0.2) is 35.8 Å². The summed E-state index contributed by atoms with van der Waals surface area (Å²) >= 11 is 0. The summed E-state index contributed by atoms with van der Waals surface area (Å²) in [6.45, 7) is 10.3. The third-order valence-electron chi connectivity index (χ3n) is 3.67. The second kappa shape index (κ2) is 3.33. The van der Waals surface area contributed by atoms with E-state index in [4.69, 9.17) is 5.11 Å². The van der Waals surface area contributed by atoms with E-state index in [1.54, 1.807) is 4.57 Å². The smallest absolute Gasteiger partial charge is 0.326 e. The number of amides is 1. The molecule has 0 bridgehead atoms. The zero-order chi connectivity index (χ0) is 12.0. The van der Waals surface area contributed by atoms with Gasteiger partial charge in [0, 0.05) is 0 Å². The van der Waals surface area contributed by atoms with Crippen LogP contribution in [0.5, 0.6) is 0 Å². The summed E-state index contributed by atoms with van der Waals surface area (Å²) in [6.07, 6.45) is 0.168. The zero-order valence-electron chi connectivity index (χ0n) is 10.00.